The Bertz CT molecular complexity index is 1200. The molecule has 0 amide bonds. The van der Waals surface area contributed by atoms with Crippen molar-refractivity contribution in [1.82, 2.24) is 4.90 Å². The molecule has 15 heteroatoms. The monoisotopic (exact) mass is 748 g/mol. The Morgan fingerprint density at radius 1 is 0.923 bits per heavy atom. The van der Waals surface area contributed by atoms with Gasteiger partial charge in [-0.15, -0.1) is 0 Å². The van der Waals surface area contributed by atoms with Crippen molar-refractivity contribution in [3.05, 3.63) is 0 Å². The first-order chi connectivity index (χ1) is 24.0. The van der Waals surface area contributed by atoms with Crippen LogP contribution in [-0.2, 0) is 33.2 Å². The van der Waals surface area contributed by atoms with E-state index in [9.17, 15) is 35.5 Å². The first-order valence-corrected chi connectivity index (χ1v) is 18.7. The van der Waals surface area contributed by atoms with Crippen molar-refractivity contribution in [2.75, 3.05) is 21.2 Å². The van der Waals surface area contributed by atoms with Crippen molar-refractivity contribution in [2.45, 2.75) is 179 Å². The predicted octanol–water partition coefficient (Wildman–Crippen LogP) is 2.05. The highest BCUT2D eigenvalue weighted by Crippen LogP contribution is 2.41. The summed E-state index contributed by atoms with van der Waals surface area (Å²) in [5, 5.41) is 71.8. The van der Waals surface area contributed by atoms with Gasteiger partial charge in [0.2, 0.25) is 0 Å². The van der Waals surface area contributed by atoms with Gasteiger partial charge in [-0.25, -0.2) is 0 Å². The third-order valence-electron chi connectivity index (χ3n) is 12.0. The molecule has 15 nitrogen and oxygen atoms in total. The Morgan fingerprint density at radius 3 is 2.08 bits per heavy atom. The smallest absolute Gasteiger partial charge is 0.311 e. The first-order valence-electron chi connectivity index (χ1n) is 18.7. The lowest BCUT2D eigenvalue weighted by atomic mass is 9.73. The summed E-state index contributed by atoms with van der Waals surface area (Å²) < 4.78 is 37.2. The SMILES string of the molecule is CC[C@H]1OC(=O)C(C)C(OC2CC(C)(OC)C(O)C(C)O2)C(C)C(OC2OC(C)CC(N(C)C)C2O)C(C)(O)CC(C)/C(=N/O)C(C)C(O)C1(C)O. The molecule has 6 N–H and O–H groups in total. The molecule has 18 atom stereocenters. The van der Waals surface area contributed by atoms with Crippen LogP contribution in [0.4, 0.5) is 0 Å². The van der Waals surface area contributed by atoms with Crippen LogP contribution in [0.5, 0.6) is 0 Å². The molecule has 3 aliphatic rings. The molecule has 3 saturated heterocycles. The van der Waals surface area contributed by atoms with Gasteiger partial charge >= 0.3 is 5.97 Å². The van der Waals surface area contributed by atoms with E-state index in [-0.39, 0.29) is 37.1 Å². The normalized spacial score (nSPS) is 49.8. The minimum atomic E-state index is -1.97. The Labute approximate surface area is 309 Å². The van der Waals surface area contributed by atoms with Crippen molar-refractivity contribution in [3.63, 3.8) is 0 Å². The van der Waals surface area contributed by atoms with Crippen LogP contribution in [0, 0.1) is 23.7 Å². The number of methoxy groups -OCH3 is 1. The Balaban J connectivity index is 2.21. The maximum absolute atomic E-state index is 14.1. The summed E-state index contributed by atoms with van der Waals surface area (Å²) in [6.07, 6.45) is -9.51. The van der Waals surface area contributed by atoms with Gasteiger partial charge in [-0.2, -0.15) is 0 Å². The lowest BCUT2D eigenvalue weighted by molar-refractivity contribution is -0.317. The number of hydrogen-bond donors (Lipinski definition) is 6. The third kappa shape index (κ3) is 9.47. The molecule has 0 radical (unpaired) electrons. The highest BCUT2D eigenvalue weighted by molar-refractivity contribution is 5.88. The molecule has 3 rings (SSSR count). The third-order valence-corrected chi connectivity index (χ3v) is 12.0. The number of nitrogens with zero attached hydrogens (tertiary/aromatic N) is 2. The molecule has 0 aromatic rings. The number of ether oxygens (including phenoxy) is 6. The van der Waals surface area contributed by atoms with Gasteiger partial charge in [-0.05, 0) is 74.9 Å². The number of rotatable bonds is 7. The number of aliphatic hydroxyl groups is 5. The maximum atomic E-state index is 14.1. The quantitative estimate of drug-likeness (QED) is 0.125. The lowest BCUT2D eigenvalue weighted by Crippen LogP contribution is -2.61. The van der Waals surface area contributed by atoms with Gasteiger partial charge < -0.3 is 64.1 Å². The van der Waals surface area contributed by atoms with Crippen LogP contribution in [0.15, 0.2) is 5.16 Å². The van der Waals surface area contributed by atoms with Gasteiger partial charge in [0.25, 0.3) is 0 Å². The Morgan fingerprint density at radius 2 is 1.54 bits per heavy atom. The summed E-state index contributed by atoms with van der Waals surface area (Å²) >= 11 is 0. The minimum absolute atomic E-state index is 0.0657. The van der Waals surface area contributed by atoms with Crippen molar-refractivity contribution in [3.8, 4) is 0 Å². The molecule has 304 valence electrons. The van der Waals surface area contributed by atoms with E-state index in [2.05, 4.69) is 5.16 Å². The highest BCUT2D eigenvalue weighted by Gasteiger charge is 2.53. The largest absolute Gasteiger partial charge is 0.459 e. The fourth-order valence-corrected chi connectivity index (χ4v) is 8.61. The van der Waals surface area contributed by atoms with E-state index in [0.29, 0.717) is 6.42 Å². The van der Waals surface area contributed by atoms with E-state index in [4.69, 9.17) is 28.4 Å². The maximum Gasteiger partial charge on any atom is 0.311 e. The summed E-state index contributed by atoms with van der Waals surface area (Å²) in [6, 6.07) is -0.322. The Hall–Kier alpha value is -1.50. The molecule has 3 heterocycles. The van der Waals surface area contributed by atoms with E-state index >= 15 is 0 Å². The molecule has 0 saturated carbocycles. The second-order valence-corrected chi connectivity index (χ2v) is 16.6. The van der Waals surface area contributed by atoms with Gasteiger partial charge in [0.1, 0.15) is 23.9 Å². The zero-order valence-electron chi connectivity index (χ0n) is 33.4. The van der Waals surface area contributed by atoms with Crippen LogP contribution in [0.25, 0.3) is 0 Å². The summed E-state index contributed by atoms with van der Waals surface area (Å²) in [5.41, 5.74) is -4.68. The summed E-state index contributed by atoms with van der Waals surface area (Å²) in [6.45, 7) is 16.6. The molecule has 0 aliphatic carbocycles. The van der Waals surface area contributed by atoms with Crippen LogP contribution < -0.4 is 0 Å². The molecular weight excluding hydrogens is 680 g/mol. The molecule has 0 bridgehead atoms. The molecule has 3 aliphatic heterocycles. The molecule has 0 aromatic heterocycles. The fraction of sp³-hybridized carbons (Fsp3) is 0.946. The van der Waals surface area contributed by atoms with Crippen LogP contribution >= 0.6 is 0 Å². The minimum Gasteiger partial charge on any atom is -0.459 e. The molecule has 3 fully saturated rings. The molecular formula is C37H68N2O13. The van der Waals surface area contributed by atoms with Gasteiger partial charge in [0, 0.05) is 37.3 Å². The van der Waals surface area contributed by atoms with Crippen LogP contribution in [0.3, 0.4) is 0 Å². The summed E-state index contributed by atoms with van der Waals surface area (Å²) in [5.74, 6) is -4.24. The molecule has 0 spiro atoms. The number of esters is 1. The number of likely N-dealkylation sites (N-methyl/N-ethyl adjacent to an activating group) is 1. The van der Waals surface area contributed by atoms with E-state index in [1.165, 1.54) is 14.0 Å². The topological polar surface area (TPSA) is 209 Å². The lowest BCUT2D eigenvalue weighted by Gasteiger charge is -2.49. The number of cyclic esters (lactones) is 1. The second kappa shape index (κ2) is 17.5. The Kier molecular flexibility index (Phi) is 15.1. The standard InChI is InChI=1S/C37H68N2O13/c1-14-25-37(10,45)30(41)20(4)27(38-46)18(2)16-35(8,44)32(52-34-28(40)24(39(11)12)15-19(3)48-34)21(5)29(22(6)33(43)50-25)51-26-17-36(9,47-13)31(42)23(7)49-26/h18-26,28-32,34,40-42,44-46H,14-17H2,1-13H3/b38-27-/t18?,19?,20?,21?,22?,23?,24?,25-,26?,28?,29?,30?,31?,32?,34?,35?,36?,37?/m1/s1. The zero-order chi connectivity index (χ0) is 39.7. The average Bonchev–Trinajstić information content (AvgIpc) is 3.06. The van der Waals surface area contributed by atoms with Gasteiger partial charge in [-0.3, -0.25) is 4.79 Å². The number of carbonyl (C=O) groups is 1. The highest BCUT2D eigenvalue weighted by atomic mass is 16.7. The van der Waals surface area contributed by atoms with Crippen molar-refractivity contribution in [2.24, 2.45) is 28.8 Å². The average molecular weight is 749 g/mol. The van der Waals surface area contributed by atoms with Crippen molar-refractivity contribution >= 4 is 11.7 Å². The van der Waals surface area contributed by atoms with Crippen molar-refractivity contribution < 1.29 is 64.0 Å². The zero-order valence-corrected chi connectivity index (χ0v) is 33.4. The first kappa shape index (κ1) is 44.9. The van der Waals surface area contributed by atoms with Crippen LogP contribution in [-0.4, -0.2) is 153 Å². The summed E-state index contributed by atoms with van der Waals surface area (Å²) in [4.78, 5) is 16.0. The van der Waals surface area contributed by atoms with Crippen LogP contribution in [0.1, 0.15) is 94.9 Å². The van der Waals surface area contributed by atoms with Gasteiger partial charge in [0.15, 0.2) is 12.6 Å². The van der Waals surface area contributed by atoms with Crippen molar-refractivity contribution in [1.29, 1.82) is 0 Å². The number of hydrogen-bond acceptors (Lipinski definition) is 15. The summed E-state index contributed by atoms with van der Waals surface area (Å²) in [7, 11) is 5.19. The van der Waals surface area contributed by atoms with E-state index < -0.39 is 102 Å². The molecule has 17 unspecified atom stereocenters. The van der Waals surface area contributed by atoms with E-state index in [0.717, 1.165) is 0 Å². The number of oxime groups is 1. The van der Waals surface area contributed by atoms with E-state index in [1.807, 2.05) is 25.9 Å². The van der Waals surface area contributed by atoms with Gasteiger partial charge in [-0.1, -0.05) is 32.9 Å². The van der Waals surface area contributed by atoms with Crippen LogP contribution in [0.2, 0.25) is 0 Å². The number of carbonyl (C=O) groups excluding carboxylic acids is 1. The predicted molar refractivity (Wildman–Crippen MR) is 190 cm³/mol. The molecule has 52 heavy (non-hydrogen) atoms. The number of aliphatic hydroxyl groups excluding tert-OH is 3. The molecule has 0 aromatic carbocycles. The van der Waals surface area contributed by atoms with E-state index in [1.54, 1.807) is 55.4 Å². The second-order valence-electron chi connectivity index (χ2n) is 16.6. The fourth-order valence-electron chi connectivity index (χ4n) is 8.61. The van der Waals surface area contributed by atoms with Gasteiger partial charge in [0.05, 0.1) is 53.4 Å².